The van der Waals surface area contributed by atoms with Gasteiger partial charge in [0, 0.05) is 28.0 Å². The highest BCUT2D eigenvalue weighted by atomic mass is 16.3. The van der Waals surface area contributed by atoms with Crippen LogP contribution in [0.2, 0.25) is 0 Å². The molecule has 0 fully saturated rings. The Hall–Kier alpha value is -6.90. The third-order valence-electron chi connectivity index (χ3n) is 9.69. The molecular formula is C50H35NO. The third kappa shape index (κ3) is 6.19. The molecule has 0 aliphatic heterocycles. The lowest BCUT2D eigenvalue weighted by atomic mass is 9.97. The molecule has 8 aromatic carbocycles. The predicted molar refractivity (Wildman–Crippen MR) is 218 cm³/mol. The molecule has 0 unspecified atom stereocenters. The zero-order valence-corrected chi connectivity index (χ0v) is 28.6. The van der Waals surface area contributed by atoms with Crippen molar-refractivity contribution in [2.45, 2.75) is 0 Å². The Morgan fingerprint density at radius 1 is 0.288 bits per heavy atom. The van der Waals surface area contributed by atoms with Gasteiger partial charge in [0.15, 0.2) is 0 Å². The van der Waals surface area contributed by atoms with Gasteiger partial charge in [0.1, 0.15) is 11.3 Å². The summed E-state index contributed by atoms with van der Waals surface area (Å²) in [4.78, 5) is 2.34. The molecule has 0 aliphatic rings. The molecule has 0 N–H and O–H groups in total. The van der Waals surface area contributed by atoms with Gasteiger partial charge in [-0.3, -0.25) is 0 Å². The van der Waals surface area contributed by atoms with Crippen LogP contribution in [0.3, 0.4) is 0 Å². The van der Waals surface area contributed by atoms with Crippen LogP contribution in [0.5, 0.6) is 0 Å². The first kappa shape index (κ1) is 31.1. The lowest BCUT2D eigenvalue weighted by Gasteiger charge is -2.26. The van der Waals surface area contributed by atoms with Crippen LogP contribution in [0.25, 0.3) is 66.8 Å². The van der Waals surface area contributed by atoms with Crippen molar-refractivity contribution in [2.24, 2.45) is 0 Å². The van der Waals surface area contributed by atoms with E-state index in [9.17, 15) is 0 Å². The first-order chi connectivity index (χ1) is 25.8. The van der Waals surface area contributed by atoms with E-state index in [4.69, 9.17) is 4.42 Å². The summed E-state index contributed by atoms with van der Waals surface area (Å²) in [6.45, 7) is 0. The van der Waals surface area contributed by atoms with Gasteiger partial charge in [-0.25, -0.2) is 0 Å². The van der Waals surface area contributed by atoms with Gasteiger partial charge in [-0.1, -0.05) is 158 Å². The molecule has 0 spiro atoms. The Labute approximate surface area is 304 Å². The molecule has 2 nitrogen and oxygen atoms in total. The Kier molecular flexibility index (Phi) is 8.24. The van der Waals surface area contributed by atoms with Crippen molar-refractivity contribution in [3.05, 3.63) is 212 Å². The summed E-state index contributed by atoms with van der Waals surface area (Å²) in [5.41, 5.74) is 14.7. The van der Waals surface area contributed by atoms with E-state index in [0.717, 1.165) is 50.5 Å². The normalized spacial score (nSPS) is 11.1. The summed E-state index contributed by atoms with van der Waals surface area (Å²) in [5, 5.41) is 1.10. The number of hydrogen-bond acceptors (Lipinski definition) is 2. The molecule has 1 heterocycles. The van der Waals surface area contributed by atoms with Crippen LogP contribution in [0, 0.1) is 0 Å². The molecule has 9 rings (SSSR count). The maximum atomic E-state index is 6.30. The summed E-state index contributed by atoms with van der Waals surface area (Å²) in [5.74, 6) is 0.870. The maximum absolute atomic E-state index is 6.30. The second-order valence-electron chi connectivity index (χ2n) is 13.0. The minimum absolute atomic E-state index is 0.870. The average molecular weight is 666 g/mol. The average Bonchev–Trinajstić information content (AvgIpc) is 3.67. The molecule has 0 aliphatic carbocycles. The lowest BCUT2D eigenvalue weighted by Crippen LogP contribution is -2.10. The van der Waals surface area contributed by atoms with Crippen molar-refractivity contribution in [1.82, 2.24) is 0 Å². The first-order valence-corrected chi connectivity index (χ1v) is 17.7. The molecule has 246 valence electrons. The minimum atomic E-state index is 0.870. The number of anilines is 3. The van der Waals surface area contributed by atoms with Gasteiger partial charge in [-0.15, -0.1) is 0 Å². The number of nitrogens with zero attached hydrogens (tertiary/aromatic N) is 1. The molecule has 0 bridgehead atoms. The van der Waals surface area contributed by atoms with E-state index in [2.05, 4.69) is 199 Å². The summed E-state index contributed by atoms with van der Waals surface area (Å²) >= 11 is 0. The molecule has 52 heavy (non-hydrogen) atoms. The van der Waals surface area contributed by atoms with Crippen molar-refractivity contribution in [2.75, 3.05) is 4.90 Å². The smallest absolute Gasteiger partial charge is 0.136 e. The summed E-state index contributed by atoms with van der Waals surface area (Å²) in [7, 11) is 0. The van der Waals surface area contributed by atoms with Crippen molar-refractivity contribution in [3.63, 3.8) is 0 Å². The molecule has 2 heteroatoms. The number of benzene rings is 8. The van der Waals surface area contributed by atoms with Crippen LogP contribution in [-0.4, -0.2) is 0 Å². The lowest BCUT2D eigenvalue weighted by molar-refractivity contribution is 0.632. The van der Waals surface area contributed by atoms with Gasteiger partial charge >= 0.3 is 0 Å². The highest BCUT2D eigenvalue weighted by Gasteiger charge is 2.16. The van der Waals surface area contributed by atoms with E-state index < -0.39 is 0 Å². The van der Waals surface area contributed by atoms with Crippen molar-refractivity contribution in [1.29, 1.82) is 0 Å². The Balaban J connectivity index is 1.10. The number of rotatable bonds is 8. The molecular weight excluding hydrogens is 631 g/mol. The Morgan fingerprint density at radius 3 is 1.40 bits per heavy atom. The standard InChI is InChI=1S/C50H35NO/c1-3-13-36(14-4-1)40-18-11-19-41(33-40)38-25-29-44(30-26-38)51(46-21-12-20-42(34-46)37-15-5-2-6-16-37)45-31-27-39(28-32-45)47-22-8-9-23-48(47)50-35-43-17-7-10-24-49(43)52-50/h1-35H. The van der Waals surface area contributed by atoms with Crippen molar-refractivity contribution < 1.29 is 4.42 Å². The molecule has 9 aromatic rings. The Bertz CT molecular complexity index is 2570. The summed E-state index contributed by atoms with van der Waals surface area (Å²) in [6.07, 6.45) is 0. The first-order valence-electron chi connectivity index (χ1n) is 17.7. The van der Waals surface area contributed by atoms with Crippen molar-refractivity contribution in [3.8, 4) is 55.8 Å². The fraction of sp³-hybridized carbons (Fsp3) is 0. The molecule has 0 radical (unpaired) electrons. The SMILES string of the molecule is c1ccc(-c2cccc(-c3ccc(N(c4ccc(-c5ccccc5-c5cc6ccccc6o5)cc4)c4cccc(-c5ccccc5)c4)cc3)c2)cc1. The zero-order valence-electron chi connectivity index (χ0n) is 28.6. The second-order valence-corrected chi connectivity index (χ2v) is 13.0. The van der Waals surface area contributed by atoms with Gasteiger partial charge in [0.2, 0.25) is 0 Å². The summed E-state index contributed by atoms with van der Waals surface area (Å²) < 4.78 is 6.30. The fourth-order valence-corrected chi connectivity index (χ4v) is 7.07. The van der Waals surface area contributed by atoms with Crippen LogP contribution in [0.4, 0.5) is 17.1 Å². The van der Waals surface area contributed by atoms with Gasteiger partial charge in [0.05, 0.1) is 0 Å². The highest BCUT2D eigenvalue weighted by Crippen LogP contribution is 2.40. The third-order valence-corrected chi connectivity index (χ3v) is 9.69. The monoisotopic (exact) mass is 665 g/mol. The quantitative estimate of drug-likeness (QED) is 0.161. The van der Waals surface area contributed by atoms with E-state index in [1.165, 1.54) is 33.4 Å². The van der Waals surface area contributed by atoms with Crippen LogP contribution in [-0.2, 0) is 0 Å². The van der Waals surface area contributed by atoms with Crippen LogP contribution in [0.15, 0.2) is 217 Å². The minimum Gasteiger partial charge on any atom is -0.456 e. The number of hydrogen-bond donors (Lipinski definition) is 0. The van der Waals surface area contributed by atoms with Gasteiger partial charge < -0.3 is 9.32 Å². The molecule has 0 saturated carbocycles. The number of furan rings is 1. The molecule has 0 saturated heterocycles. The van der Waals surface area contributed by atoms with E-state index in [1.807, 2.05) is 18.2 Å². The summed E-state index contributed by atoms with van der Waals surface area (Å²) in [6, 6.07) is 75.2. The van der Waals surface area contributed by atoms with Gasteiger partial charge in [0.25, 0.3) is 0 Å². The van der Waals surface area contributed by atoms with Gasteiger partial charge in [-0.2, -0.15) is 0 Å². The topological polar surface area (TPSA) is 16.4 Å². The van der Waals surface area contributed by atoms with Crippen LogP contribution < -0.4 is 4.90 Å². The van der Waals surface area contributed by atoms with E-state index in [0.29, 0.717) is 0 Å². The van der Waals surface area contributed by atoms with Gasteiger partial charge in [-0.05, 0) is 99.1 Å². The van der Waals surface area contributed by atoms with Crippen LogP contribution in [0.1, 0.15) is 0 Å². The molecule has 1 aromatic heterocycles. The fourth-order valence-electron chi connectivity index (χ4n) is 7.07. The van der Waals surface area contributed by atoms with E-state index in [-0.39, 0.29) is 0 Å². The number of fused-ring (bicyclic) bond motifs is 1. The zero-order chi connectivity index (χ0) is 34.7. The molecule has 0 amide bonds. The molecule has 0 atom stereocenters. The predicted octanol–water partition coefficient (Wildman–Crippen LogP) is 14.2. The Morgan fingerprint density at radius 2 is 0.769 bits per heavy atom. The van der Waals surface area contributed by atoms with Crippen LogP contribution >= 0.6 is 0 Å². The van der Waals surface area contributed by atoms with Crippen molar-refractivity contribution >= 4 is 28.0 Å². The largest absolute Gasteiger partial charge is 0.456 e. The van der Waals surface area contributed by atoms with E-state index in [1.54, 1.807) is 0 Å². The highest BCUT2D eigenvalue weighted by molar-refractivity contribution is 5.89. The van der Waals surface area contributed by atoms with E-state index >= 15 is 0 Å². The maximum Gasteiger partial charge on any atom is 0.136 e. The second kappa shape index (κ2) is 13.8. The number of para-hydroxylation sites is 1.